The van der Waals surface area contributed by atoms with Crippen LogP contribution in [-0.4, -0.2) is 24.7 Å². The molecule has 0 saturated heterocycles. The highest BCUT2D eigenvalue weighted by Gasteiger charge is 2.14. The number of hydrogen-bond acceptors (Lipinski definition) is 3. The van der Waals surface area contributed by atoms with E-state index in [1.165, 1.54) is 0 Å². The van der Waals surface area contributed by atoms with Gasteiger partial charge in [0.15, 0.2) is 0 Å². The molecule has 0 aliphatic heterocycles. The molecule has 0 saturated carbocycles. The van der Waals surface area contributed by atoms with Crippen molar-refractivity contribution in [1.29, 1.82) is 0 Å². The Balaban J connectivity index is 2.38. The largest absolute Gasteiger partial charge is 0.497 e. The number of aliphatic hydroxyl groups is 1. The SMILES string of the molecule is COc1ccc(C(O)CNC(=O)CCC(C)(C)C)cc1. The molecule has 1 rings (SSSR count). The molecule has 0 aromatic heterocycles. The third-order valence-electron chi connectivity index (χ3n) is 3.10. The number of benzene rings is 1. The van der Waals surface area contributed by atoms with Crippen molar-refractivity contribution in [3.8, 4) is 5.75 Å². The van der Waals surface area contributed by atoms with Gasteiger partial charge in [0.1, 0.15) is 5.75 Å². The molecule has 2 N–H and O–H groups in total. The normalized spacial score (nSPS) is 12.8. The first-order valence-corrected chi connectivity index (χ1v) is 6.90. The average molecular weight is 279 g/mol. The van der Waals surface area contributed by atoms with Gasteiger partial charge in [-0.3, -0.25) is 4.79 Å². The van der Waals surface area contributed by atoms with Crippen molar-refractivity contribution in [2.24, 2.45) is 5.41 Å². The van der Waals surface area contributed by atoms with Crippen molar-refractivity contribution in [3.05, 3.63) is 29.8 Å². The Morgan fingerprint density at radius 2 is 1.90 bits per heavy atom. The first kappa shape index (κ1) is 16.5. The lowest BCUT2D eigenvalue weighted by atomic mass is 9.90. The highest BCUT2D eigenvalue weighted by molar-refractivity contribution is 5.75. The van der Waals surface area contributed by atoms with Crippen molar-refractivity contribution in [2.75, 3.05) is 13.7 Å². The number of rotatable bonds is 6. The maximum absolute atomic E-state index is 11.7. The summed E-state index contributed by atoms with van der Waals surface area (Å²) in [5.41, 5.74) is 0.910. The van der Waals surface area contributed by atoms with E-state index in [9.17, 15) is 9.90 Å². The summed E-state index contributed by atoms with van der Waals surface area (Å²) in [4.78, 5) is 11.7. The second-order valence-electron chi connectivity index (χ2n) is 6.15. The van der Waals surface area contributed by atoms with Crippen LogP contribution in [0.2, 0.25) is 0 Å². The molecule has 20 heavy (non-hydrogen) atoms. The molecule has 1 aromatic carbocycles. The molecule has 0 bridgehead atoms. The Hall–Kier alpha value is -1.55. The minimum absolute atomic E-state index is 0.0208. The smallest absolute Gasteiger partial charge is 0.220 e. The van der Waals surface area contributed by atoms with E-state index in [2.05, 4.69) is 26.1 Å². The first-order valence-electron chi connectivity index (χ1n) is 6.90. The minimum Gasteiger partial charge on any atom is -0.497 e. The van der Waals surface area contributed by atoms with Gasteiger partial charge in [-0.2, -0.15) is 0 Å². The molecule has 1 amide bonds. The van der Waals surface area contributed by atoms with E-state index >= 15 is 0 Å². The monoisotopic (exact) mass is 279 g/mol. The molecular weight excluding hydrogens is 254 g/mol. The highest BCUT2D eigenvalue weighted by atomic mass is 16.5. The molecule has 1 aromatic rings. The van der Waals surface area contributed by atoms with Crippen molar-refractivity contribution in [2.45, 2.75) is 39.7 Å². The lowest BCUT2D eigenvalue weighted by molar-refractivity contribution is -0.122. The predicted molar refractivity (Wildman–Crippen MR) is 79.7 cm³/mol. The van der Waals surface area contributed by atoms with Crippen molar-refractivity contribution >= 4 is 5.91 Å². The zero-order chi connectivity index (χ0) is 15.2. The van der Waals surface area contributed by atoms with Crippen LogP contribution in [0.3, 0.4) is 0 Å². The minimum atomic E-state index is -0.695. The van der Waals surface area contributed by atoms with Crippen LogP contribution in [0, 0.1) is 5.41 Å². The highest BCUT2D eigenvalue weighted by Crippen LogP contribution is 2.20. The van der Waals surface area contributed by atoms with Gasteiger partial charge in [0.05, 0.1) is 13.2 Å². The molecular formula is C16H25NO3. The van der Waals surface area contributed by atoms with Crippen molar-refractivity contribution in [3.63, 3.8) is 0 Å². The number of aliphatic hydroxyl groups excluding tert-OH is 1. The molecule has 0 spiro atoms. The number of ether oxygens (including phenoxy) is 1. The summed E-state index contributed by atoms with van der Waals surface area (Å²) >= 11 is 0. The van der Waals surface area contributed by atoms with Gasteiger partial charge in [0.25, 0.3) is 0 Å². The molecule has 0 radical (unpaired) electrons. The fraction of sp³-hybridized carbons (Fsp3) is 0.562. The number of hydrogen-bond donors (Lipinski definition) is 2. The second kappa shape index (κ2) is 7.29. The van der Waals surface area contributed by atoms with Crippen LogP contribution in [0.1, 0.15) is 45.3 Å². The molecule has 0 heterocycles. The van der Waals surface area contributed by atoms with Crippen molar-refractivity contribution in [1.82, 2.24) is 5.32 Å². The fourth-order valence-corrected chi connectivity index (χ4v) is 1.73. The van der Waals surface area contributed by atoms with E-state index in [-0.39, 0.29) is 17.9 Å². The van der Waals surface area contributed by atoms with E-state index in [1.54, 1.807) is 31.4 Å². The number of methoxy groups -OCH3 is 1. The van der Waals surface area contributed by atoms with E-state index in [0.29, 0.717) is 6.42 Å². The zero-order valence-electron chi connectivity index (χ0n) is 12.8. The van der Waals surface area contributed by atoms with Gasteiger partial charge in [-0.1, -0.05) is 32.9 Å². The molecule has 1 atom stereocenters. The summed E-state index contributed by atoms with van der Waals surface area (Å²) in [7, 11) is 1.60. The Morgan fingerprint density at radius 1 is 1.30 bits per heavy atom. The first-order chi connectivity index (χ1) is 9.31. The molecule has 0 aliphatic rings. The third kappa shape index (κ3) is 6.06. The fourth-order valence-electron chi connectivity index (χ4n) is 1.73. The van der Waals surface area contributed by atoms with E-state index in [1.807, 2.05) is 0 Å². The van der Waals surface area contributed by atoms with Crippen LogP contribution in [0.4, 0.5) is 0 Å². The molecule has 0 fully saturated rings. The van der Waals surface area contributed by atoms with Crippen LogP contribution in [0.25, 0.3) is 0 Å². The summed E-state index contributed by atoms with van der Waals surface area (Å²) < 4.78 is 5.06. The number of nitrogens with one attached hydrogen (secondary N) is 1. The summed E-state index contributed by atoms with van der Waals surface area (Å²) in [5.74, 6) is 0.725. The maximum atomic E-state index is 11.7. The van der Waals surface area contributed by atoms with Gasteiger partial charge in [0, 0.05) is 13.0 Å². The Bertz CT molecular complexity index is 420. The maximum Gasteiger partial charge on any atom is 0.220 e. The Labute approximate surface area is 121 Å². The Morgan fingerprint density at radius 3 is 2.40 bits per heavy atom. The van der Waals surface area contributed by atoms with Crippen LogP contribution in [0.15, 0.2) is 24.3 Å². The Kier molecular flexibility index (Phi) is 6.02. The summed E-state index contributed by atoms with van der Waals surface area (Å²) in [5, 5.41) is 12.8. The van der Waals surface area contributed by atoms with Gasteiger partial charge in [0.2, 0.25) is 5.91 Å². The second-order valence-corrected chi connectivity index (χ2v) is 6.15. The number of amides is 1. The van der Waals surface area contributed by atoms with Crippen molar-refractivity contribution < 1.29 is 14.6 Å². The topological polar surface area (TPSA) is 58.6 Å². The lowest BCUT2D eigenvalue weighted by Gasteiger charge is -2.18. The van der Waals surface area contributed by atoms with E-state index in [0.717, 1.165) is 17.7 Å². The standard InChI is InChI=1S/C16H25NO3/c1-16(2,3)10-9-15(19)17-11-14(18)12-5-7-13(20-4)8-6-12/h5-8,14,18H,9-11H2,1-4H3,(H,17,19). The van der Waals surface area contributed by atoms with Gasteiger partial charge < -0.3 is 15.2 Å². The quantitative estimate of drug-likeness (QED) is 0.841. The lowest BCUT2D eigenvalue weighted by Crippen LogP contribution is -2.29. The van der Waals surface area contributed by atoms with Gasteiger partial charge >= 0.3 is 0 Å². The molecule has 4 nitrogen and oxygen atoms in total. The summed E-state index contributed by atoms with van der Waals surface area (Å²) in [6.07, 6.45) is 0.621. The van der Waals surface area contributed by atoms with Gasteiger partial charge in [-0.25, -0.2) is 0 Å². The van der Waals surface area contributed by atoms with Crippen LogP contribution >= 0.6 is 0 Å². The zero-order valence-corrected chi connectivity index (χ0v) is 12.8. The predicted octanol–water partition coefficient (Wildman–Crippen LogP) is 2.67. The molecule has 0 aliphatic carbocycles. The molecule has 1 unspecified atom stereocenters. The summed E-state index contributed by atoms with van der Waals surface area (Å²) in [6, 6.07) is 7.18. The average Bonchev–Trinajstić information content (AvgIpc) is 2.41. The number of carbonyl (C=O) groups is 1. The van der Waals surface area contributed by atoms with Crippen LogP contribution < -0.4 is 10.1 Å². The van der Waals surface area contributed by atoms with E-state index < -0.39 is 6.10 Å². The molecule has 4 heteroatoms. The van der Waals surface area contributed by atoms with Gasteiger partial charge in [-0.05, 0) is 29.5 Å². The van der Waals surface area contributed by atoms with Crippen LogP contribution in [-0.2, 0) is 4.79 Å². The van der Waals surface area contributed by atoms with Gasteiger partial charge in [-0.15, -0.1) is 0 Å². The third-order valence-corrected chi connectivity index (χ3v) is 3.10. The molecule has 112 valence electrons. The van der Waals surface area contributed by atoms with E-state index in [4.69, 9.17) is 4.74 Å². The van der Waals surface area contributed by atoms with Crippen LogP contribution in [0.5, 0.6) is 5.75 Å². The summed E-state index contributed by atoms with van der Waals surface area (Å²) in [6.45, 7) is 6.54. The number of carbonyl (C=O) groups excluding carboxylic acids is 1.